The summed E-state index contributed by atoms with van der Waals surface area (Å²) < 4.78 is 5.25. The summed E-state index contributed by atoms with van der Waals surface area (Å²) in [6.07, 6.45) is 8.35. The van der Waals surface area contributed by atoms with E-state index in [2.05, 4.69) is 4.98 Å². The summed E-state index contributed by atoms with van der Waals surface area (Å²) in [4.78, 5) is 28.8. The molecule has 0 aliphatic heterocycles. The Morgan fingerprint density at radius 1 is 1.17 bits per heavy atom. The molecule has 0 atom stereocenters. The van der Waals surface area contributed by atoms with Crippen molar-refractivity contribution in [1.29, 1.82) is 0 Å². The zero-order valence-electron chi connectivity index (χ0n) is 13.0. The highest BCUT2D eigenvalue weighted by atomic mass is 35.5. The quantitative estimate of drug-likeness (QED) is 0.623. The second-order valence-corrected chi connectivity index (χ2v) is 7.90. The second kappa shape index (κ2) is 5.59. The number of hydrogen-bond acceptors (Lipinski definition) is 4. The largest absolute Gasteiger partial charge is 0.454 e. The van der Waals surface area contributed by atoms with Crippen LogP contribution in [0.2, 0.25) is 5.15 Å². The van der Waals surface area contributed by atoms with E-state index < -0.39 is 5.97 Å². The zero-order chi connectivity index (χ0) is 16.0. The number of rotatable bonds is 4. The lowest BCUT2D eigenvalue weighted by Crippen LogP contribution is -2.51. The van der Waals surface area contributed by atoms with Crippen molar-refractivity contribution in [1.82, 2.24) is 4.98 Å². The molecule has 0 radical (unpaired) electrons. The predicted molar refractivity (Wildman–Crippen MR) is 85.1 cm³/mol. The van der Waals surface area contributed by atoms with Crippen molar-refractivity contribution in [2.45, 2.75) is 38.5 Å². The molecule has 1 aromatic heterocycles. The third kappa shape index (κ3) is 2.67. The van der Waals surface area contributed by atoms with Gasteiger partial charge in [-0.2, -0.15) is 0 Å². The molecule has 5 rings (SSSR count). The topological polar surface area (TPSA) is 56.3 Å². The van der Waals surface area contributed by atoms with Crippen molar-refractivity contribution in [3.05, 3.63) is 29.0 Å². The van der Waals surface area contributed by atoms with Crippen molar-refractivity contribution in [3.63, 3.8) is 0 Å². The third-order valence-electron chi connectivity index (χ3n) is 5.94. The molecule has 4 bridgehead atoms. The Bertz CT molecular complexity index is 622. The van der Waals surface area contributed by atoms with Crippen LogP contribution in [0.15, 0.2) is 18.3 Å². The van der Waals surface area contributed by atoms with Gasteiger partial charge in [0.2, 0.25) is 0 Å². The van der Waals surface area contributed by atoms with Gasteiger partial charge < -0.3 is 4.74 Å². The van der Waals surface area contributed by atoms with Gasteiger partial charge in [-0.1, -0.05) is 11.6 Å². The lowest BCUT2D eigenvalue weighted by atomic mass is 9.48. The summed E-state index contributed by atoms with van der Waals surface area (Å²) >= 11 is 5.89. The van der Waals surface area contributed by atoms with Crippen LogP contribution in [0.3, 0.4) is 0 Å². The second-order valence-electron chi connectivity index (χ2n) is 7.54. The summed E-state index contributed by atoms with van der Waals surface area (Å²) in [7, 11) is 0. The number of aromatic nitrogens is 1. The van der Waals surface area contributed by atoms with Gasteiger partial charge in [0, 0.05) is 11.6 Å². The van der Waals surface area contributed by atoms with Gasteiger partial charge in [0.25, 0.3) is 0 Å². The Morgan fingerprint density at radius 3 is 2.35 bits per heavy atom. The smallest absolute Gasteiger partial charge is 0.341 e. The SMILES string of the molecule is O=C(OCC(=O)C12CC3CC(CC(C3)C1)C2)c1cccnc1Cl. The molecule has 1 aromatic rings. The summed E-state index contributed by atoms with van der Waals surface area (Å²) in [5.41, 5.74) is -0.0132. The average Bonchev–Trinajstić information content (AvgIpc) is 2.51. The molecule has 4 nitrogen and oxygen atoms in total. The van der Waals surface area contributed by atoms with Crippen LogP contribution in [0.5, 0.6) is 0 Å². The van der Waals surface area contributed by atoms with E-state index in [9.17, 15) is 9.59 Å². The summed E-state index contributed by atoms with van der Waals surface area (Å²) in [6, 6.07) is 3.19. The van der Waals surface area contributed by atoms with Crippen molar-refractivity contribution in [2.75, 3.05) is 6.61 Å². The summed E-state index contributed by atoms with van der Waals surface area (Å²) in [5, 5.41) is 0.111. The number of ketones is 1. The Balaban J connectivity index is 1.43. The molecule has 4 aliphatic rings. The monoisotopic (exact) mass is 333 g/mol. The minimum absolute atomic E-state index is 0.102. The van der Waals surface area contributed by atoms with E-state index in [0.29, 0.717) is 17.8 Å². The van der Waals surface area contributed by atoms with Crippen LogP contribution in [-0.4, -0.2) is 23.3 Å². The van der Waals surface area contributed by atoms with E-state index in [4.69, 9.17) is 16.3 Å². The van der Waals surface area contributed by atoms with E-state index in [1.165, 1.54) is 25.5 Å². The van der Waals surface area contributed by atoms with Gasteiger partial charge in [-0.15, -0.1) is 0 Å². The van der Waals surface area contributed by atoms with Crippen molar-refractivity contribution < 1.29 is 14.3 Å². The normalized spacial score (nSPS) is 34.4. The first-order valence-electron chi connectivity index (χ1n) is 8.37. The van der Waals surface area contributed by atoms with Gasteiger partial charge >= 0.3 is 5.97 Å². The maximum Gasteiger partial charge on any atom is 0.341 e. The van der Waals surface area contributed by atoms with Gasteiger partial charge in [-0.25, -0.2) is 9.78 Å². The molecular weight excluding hydrogens is 314 g/mol. The van der Waals surface area contributed by atoms with Crippen LogP contribution in [0.4, 0.5) is 0 Å². The van der Waals surface area contributed by atoms with E-state index in [1.54, 1.807) is 12.1 Å². The van der Waals surface area contributed by atoms with Crippen LogP contribution in [-0.2, 0) is 9.53 Å². The molecule has 1 heterocycles. The molecule has 122 valence electrons. The fourth-order valence-electron chi connectivity index (χ4n) is 5.35. The molecule has 4 saturated carbocycles. The maximum atomic E-state index is 12.8. The van der Waals surface area contributed by atoms with Crippen LogP contribution >= 0.6 is 11.6 Å². The minimum atomic E-state index is -0.568. The van der Waals surface area contributed by atoms with E-state index >= 15 is 0 Å². The highest BCUT2D eigenvalue weighted by Gasteiger charge is 2.54. The number of nitrogens with zero attached hydrogens (tertiary/aromatic N) is 1. The third-order valence-corrected chi connectivity index (χ3v) is 6.24. The Morgan fingerprint density at radius 2 is 1.78 bits per heavy atom. The lowest BCUT2D eigenvalue weighted by Gasteiger charge is -2.55. The molecule has 0 spiro atoms. The van der Waals surface area contributed by atoms with Crippen LogP contribution in [0, 0.1) is 23.2 Å². The van der Waals surface area contributed by atoms with E-state index in [0.717, 1.165) is 19.3 Å². The van der Waals surface area contributed by atoms with E-state index in [-0.39, 0.29) is 28.5 Å². The van der Waals surface area contributed by atoms with E-state index in [1.807, 2.05) is 0 Å². The van der Waals surface area contributed by atoms with Gasteiger partial charge in [0.15, 0.2) is 12.4 Å². The number of esters is 1. The number of pyridine rings is 1. The van der Waals surface area contributed by atoms with Gasteiger partial charge in [-0.05, 0) is 68.4 Å². The van der Waals surface area contributed by atoms with Crippen LogP contribution in [0.1, 0.15) is 48.9 Å². The first-order chi connectivity index (χ1) is 11.1. The Hall–Kier alpha value is -1.42. The summed E-state index contributed by atoms with van der Waals surface area (Å²) in [5.74, 6) is 1.64. The predicted octanol–water partition coefficient (Wildman–Crippen LogP) is 3.68. The number of carbonyl (C=O) groups excluding carboxylic acids is 2. The highest BCUT2D eigenvalue weighted by molar-refractivity contribution is 6.32. The molecule has 23 heavy (non-hydrogen) atoms. The molecule has 0 saturated heterocycles. The Kier molecular flexibility index (Phi) is 3.67. The molecule has 4 aliphatic carbocycles. The molecular formula is C18H20ClNO3. The molecule has 0 unspecified atom stereocenters. The molecule has 5 heteroatoms. The number of Topliss-reactive ketones (excluding diaryl/α,β-unsaturated/α-hetero) is 1. The van der Waals surface area contributed by atoms with Gasteiger partial charge in [-0.3, -0.25) is 4.79 Å². The standard InChI is InChI=1S/C18H20ClNO3/c19-16-14(2-1-3-20-16)17(22)23-10-15(21)18-7-11-4-12(8-18)6-13(5-11)9-18/h1-3,11-13H,4-10H2. The van der Waals surface area contributed by atoms with Crippen molar-refractivity contribution in [3.8, 4) is 0 Å². The number of halogens is 1. The number of carbonyl (C=O) groups is 2. The molecule has 0 N–H and O–H groups in total. The highest BCUT2D eigenvalue weighted by Crippen LogP contribution is 2.60. The zero-order valence-corrected chi connectivity index (χ0v) is 13.7. The number of ether oxygens (including phenoxy) is 1. The first-order valence-corrected chi connectivity index (χ1v) is 8.74. The molecule has 4 fully saturated rings. The van der Waals surface area contributed by atoms with Crippen LogP contribution < -0.4 is 0 Å². The molecule has 0 amide bonds. The van der Waals surface area contributed by atoms with Crippen LogP contribution in [0.25, 0.3) is 0 Å². The lowest BCUT2D eigenvalue weighted by molar-refractivity contribution is -0.147. The number of hydrogen-bond donors (Lipinski definition) is 0. The summed E-state index contributed by atoms with van der Waals surface area (Å²) in [6.45, 7) is -0.143. The maximum absolute atomic E-state index is 12.8. The van der Waals surface area contributed by atoms with Gasteiger partial charge in [0.1, 0.15) is 5.15 Å². The fraction of sp³-hybridized carbons (Fsp3) is 0.611. The molecule has 0 aromatic carbocycles. The van der Waals surface area contributed by atoms with Crippen molar-refractivity contribution >= 4 is 23.4 Å². The fourth-order valence-corrected chi connectivity index (χ4v) is 5.55. The first kappa shape index (κ1) is 15.1. The minimum Gasteiger partial charge on any atom is -0.454 e. The average molecular weight is 334 g/mol. The van der Waals surface area contributed by atoms with Crippen molar-refractivity contribution in [2.24, 2.45) is 23.2 Å². The Labute approximate surface area is 140 Å². The van der Waals surface area contributed by atoms with Gasteiger partial charge in [0.05, 0.1) is 5.56 Å².